The number of aliphatic hydroxyl groups is 1. The van der Waals surface area contributed by atoms with Crippen LogP contribution in [0.4, 0.5) is 0 Å². The Morgan fingerprint density at radius 1 is 0.611 bits per heavy atom. The first-order chi connectivity index (χ1) is 45.0. The van der Waals surface area contributed by atoms with E-state index in [1.165, 1.54) is 45.0 Å². The molecule has 31 nitrogen and oxygen atoms in total. The number of hydrogen-bond acceptors (Lipinski definition) is 19. The predicted molar refractivity (Wildman–Crippen MR) is 350 cm³/mol. The van der Waals surface area contributed by atoms with Crippen molar-refractivity contribution in [3.05, 3.63) is 102 Å². The van der Waals surface area contributed by atoms with Gasteiger partial charge in [0.05, 0.1) is 25.1 Å². The summed E-state index contributed by atoms with van der Waals surface area (Å²) >= 11 is 0. The van der Waals surface area contributed by atoms with E-state index in [4.69, 9.17) is 11.5 Å². The third-order valence-corrected chi connectivity index (χ3v) is 17.4. The molecule has 0 radical (unpaired) electrons. The summed E-state index contributed by atoms with van der Waals surface area (Å²) in [6.07, 6.45) is -1.17. The first kappa shape index (κ1) is 76.4. The Labute approximate surface area is 554 Å². The van der Waals surface area contributed by atoms with Gasteiger partial charge in [-0.3, -0.25) is 57.5 Å². The topological polar surface area (TPSA) is 503 Å². The van der Waals surface area contributed by atoms with Crippen molar-refractivity contribution in [3.63, 3.8) is 0 Å². The van der Waals surface area contributed by atoms with Gasteiger partial charge in [0.1, 0.15) is 66.2 Å². The Kier molecular flexibility index (Phi) is 30.2. The molecule has 0 saturated carbocycles. The lowest BCUT2D eigenvalue weighted by Gasteiger charge is -2.29. The van der Waals surface area contributed by atoms with Crippen LogP contribution < -0.4 is 70.0 Å². The summed E-state index contributed by atoms with van der Waals surface area (Å²) in [6, 6.07) is 3.84. The number of phenolic OH excluding ortho intramolecular Hbond substituents is 1. The van der Waals surface area contributed by atoms with Gasteiger partial charge >= 0.3 is 11.9 Å². The molecule has 1 aliphatic rings. The van der Waals surface area contributed by atoms with E-state index in [0.29, 0.717) is 34.0 Å². The number of aromatic hydroxyl groups is 1. The van der Waals surface area contributed by atoms with Gasteiger partial charge in [-0.2, -0.15) is 0 Å². The van der Waals surface area contributed by atoms with Gasteiger partial charge in [-0.1, -0.05) is 96.1 Å². The monoisotopic (exact) mass is 1360 g/mol. The summed E-state index contributed by atoms with van der Waals surface area (Å²) < 4.78 is 0. The molecule has 20 N–H and O–H groups in total. The number of aromatic nitrogens is 1. The number of benzene rings is 3. The highest BCUT2D eigenvalue weighted by atomic mass is 33.1. The van der Waals surface area contributed by atoms with Crippen molar-refractivity contribution in [2.24, 2.45) is 17.4 Å². The highest BCUT2D eigenvalue weighted by molar-refractivity contribution is 8.76. The number of aliphatic hydroxyl groups excluding tert-OH is 1. The maximum atomic E-state index is 15.1. The van der Waals surface area contributed by atoms with E-state index >= 15 is 14.4 Å². The maximum Gasteiger partial charge on any atom is 0.326 e. The van der Waals surface area contributed by atoms with Crippen LogP contribution in [0.15, 0.2) is 85.1 Å². The molecular formula is C62H84N14O17S2. The standard InChI is InChI=1S/C62H84N14O17S2/c1-31(2)50(62(92)93)76-60(90)47-30-95-94-29-46(73-58(88)45(26-49(80)81)69-53(83)33(4)67-61(91)51(34(5)77)75-48(79)28-66-52(82)32(3)64)59(89)71-42(23-35-13-7-6-8-14-35)55(85)72-44(25-37-27-65-40-16-10-9-15-39(37)40)57(87)68-41(17-11-12-22-63)54(84)70-43(56(86)74-47)24-36-18-20-38(78)21-19-36/h6-10,13-16,18-21,27,31-34,41-47,50-51,65,77-78H,11-12,17,22-26,28-30,63-64H2,1-5H3,(H,66,82)(H,67,91)(H,68,87)(H,69,83)(H,70,84)(H,71,89)(H,72,85)(H,73,88)(H,74,86)(H,75,79)(H,76,90)(H,80,81)(H,92,93)/t32-,33-,34+,41?,42-,43?,44-,45-,46?,47-,50-,51-/m0/s1. The molecule has 3 aromatic carbocycles. The molecule has 1 aliphatic heterocycles. The van der Waals surface area contributed by atoms with E-state index < -0.39 is 180 Å². The molecule has 4 aromatic rings. The molecule has 3 unspecified atom stereocenters. The fourth-order valence-corrected chi connectivity index (χ4v) is 12.0. The number of H-pyrrole nitrogens is 1. The Morgan fingerprint density at radius 3 is 1.78 bits per heavy atom. The van der Waals surface area contributed by atoms with Crippen LogP contribution >= 0.6 is 21.6 Å². The van der Waals surface area contributed by atoms with Crippen LogP contribution in [0, 0.1) is 5.92 Å². The molecule has 1 aromatic heterocycles. The summed E-state index contributed by atoms with van der Waals surface area (Å²) in [6.45, 7) is 6.24. The highest BCUT2D eigenvalue weighted by Gasteiger charge is 2.38. The van der Waals surface area contributed by atoms with Crippen molar-refractivity contribution < 1.29 is 82.8 Å². The summed E-state index contributed by atoms with van der Waals surface area (Å²) in [4.78, 5) is 183. The number of carbonyl (C=O) groups is 13. The Hall–Kier alpha value is -9.31. The number of para-hydroxylation sites is 1. The van der Waals surface area contributed by atoms with Gasteiger partial charge in [-0.15, -0.1) is 0 Å². The zero-order valence-electron chi connectivity index (χ0n) is 52.9. The minimum Gasteiger partial charge on any atom is -0.508 e. The number of fused-ring (bicyclic) bond motifs is 1. The van der Waals surface area contributed by atoms with Gasteiger partial charge in [0.2, 0.25) is 65.0 Å². The zero-order valence-corrected chi connectivity index (χ0v) is 54.6. The van der Waals surface area contributed by atoms with Crippen molar-refractivity contribution in [2.75, 3.05) is 24.6 Å². The largest absolute Gasteiger partial charge is 0.508 e. The first-order valence-electron chi connectivity index (χ1n) is 30.5. The number of carboxylic acid groups (broad SMARTS) is 2. The molecule has 0 spiro atoms. The van der Waals surface area contributed by atoms with E-state index in [2.05, 4.69) is 63.5 Å². The summed E-state index contributed by atoms with van der Waals surface area (Å²) in [5, 5.41) is 68.8. The third kappa shape index (κ3) is 24.5. The number of nitrogens with two attached hydrogens (primary N) is 2. The molecular weight excluding hydrogens is 1280 g/mol. The SMILES string of the molecule is CC(C)[C@H](NC(=O)[C@@H]1CSSCC(NC(=O)[C@H](CC(=O)O)NC(=O)[C@H](C)NC(=O)[C@@H](NC(=O)CNC(=O)[C@H](C)N)[C@@H](C)O)C(=O)N[C@@H](Cc2ccccc2)C(=O)N[C@@H](Cc2c[nH]c3ccccc23)C(=O)NC(CCCCN)C(=O)NC(Cc2ccc(O)cc2)C(=O)N1)C(=O)O. The molecule has 1 fully saturated rings. The smallest absolute Gasteiger partial charge is 0.326 e. The number of carboxylic acids is 2. The van der Waals surface area contributed by atoms with Gasteiger partial charge in [0.15, 0.2) is 0 Å². The summed E-state index contributed by atoms with van der Waals surface area (Å²) in [7, 11) is 1.64. The minimum absolute atomic E-state index is 0.0434. The second-order valence-corrected chi connectivity index (χ2v) is 25.6. The first-order valence-corrected chi connectivity index (χ1v) is 33.0. The summed E-state index contributed by atoms with van der Waals surface area (Å²) in [5.41, 5.74) is 13.5. The van der Waals surface area contributed by atoms with Gasteiger partial charge < -0.3 is 95.4 Å². The van der Waals surface area contributed by atoms with Gasteiger partial charge in [-0.05, 0) is 87.4 Å². The van der Waals surface area contributed by atoms with Crippen LogP contribution in [-0.4, -0.2) is 199 Å². The molecule has 0 aliphatic carbocycles. The number of phenols is 1. The van der Waals surface area contributed by atoms with Crippen LogP contribution in [0.25, 0.3) is 10.9 Å². The van der Waals surface area contributed by atoms with Crippen LogP contribution in [-0.2, 0) is 81.6 Å². The van der Waals surface area contributed by atoms with E-state index in [0.717, 1.165) is 35.4 Å². The molecule has 11 amide bonds. The number of hydrogen-bond donors (Lipinski definition) is 18. The zero-order chi connectivity index (χ0) is 70.1. The fourth-order valence-electron chi connectivity index (χ4n) is 9.63. The average molecular weight is 1360 g/mol. The number of carbonyl (C=O) groups excluding carboxylic acids is 11. The number of aliphatic carboxylic acids is 2. The molecule has 5 rings (SSSR count). The summed E-state index contributed by atoms with van der Waals surface area (Å²) in [5.74, 6) is -15.7. The number of unbranched alkanes of at least 4 members (excludes halogenated alkanes) is 1. The fraction of sp³-hybridized carbons (Fsp3) is 0.468. The third-order valence-electron chi connectivity index (χ3n) is 15.0. The lowest BCUT2D eigenvalue weighted by molar-refractivity contribution is -0.143. The van der Waals surface area contributed by atoms with Crippen LogP contribution in [0.3, 0.4) is 0 Å². The van der Waals surface area contributed by atoms with Gasteiger partial charge in [0.25, 0.3) is 0 Å². The number of amides is 11. The van der Waals surface area contributed by atoms with Crippen molar-refractivity contribution >= 4 is 109 Å². The second-order valence-electron chi connectivity index (χ2n) is 23.1. The van der Waals surface area contributed by atoms with Crippen LogP contribution in [0.2, 0.25) is 0 Å². The second kappa shape index (κ2) is 37.5. The molecule has 33 heteroatoms. The van der Waals surface area contributed by atoms with E-state index in [1.807, 2.05) is 0 Å². The Bertz CT molecular complexity index is 3360. The van der Waals surface area contributed by atoms with Gasteiger partial charge in [0, 0.05) is 47.9 Å². The van der Waals surface area contributed by atoms with E-state index in [9.17, 15) is 68.4 Å². The van der Waals surface area contributed by atoms with E-state index in [-0.39, 0.29) is 44.4 Å². The molecule has 0 bridgehead atoms. The van der Waals surface area contributed by atoms with Crippen LogP contribution in [0.1, 0.15) is 77.0 Å². The molecule has 1 saturated heterocycles. The molecule has 2 heterocycles. The number of nitrogens with one attached hydrogen (secondary N) is 12. The van der Waals surface area contributed by atoms with Gasteiger partial charge in [-0.25, -0.2) is 4.79 Å². The lowest BCUT2D eigenvalue weighted by atomic mass is 10.0. The lowest BCUT2D eigenvalue weighted by Crippen LogP contribution is -2.62. The molecule has 12 atom stereocenters. The molecule has 516 valence electrons. The van der Waals surface area contributed by atoms with Crippen LogP contribution in [0.5, 0.6) is 5.75 Å². The number of aromatic amines is 1. The normalized spacial score (nSPS) is 20.4. The van der Waals surface area contributed by atoms with E-state index in [1.54, 1.807) is 60.8 Å². The quantitative estimate of drug-likeness (QED) is 0.0214. The minimum atomic E-state index is -2.01. The number of rotatable bonds is 27. The maximum absolute atomic E-state index is 15.1. The molecule has 95 heavy (non-hydrogen) atoms. The highest BCUT2D eigenvalue weighted by Crippen LogP contribution is 2.25. The predicted octanol–water partition coefficient (Wildman–Crippen LogP) is -2.65. The average Bonchev–Trinajstić information content (AvgIpc) is 1.76. The van der Waals surface area contributed by atoms with Crippen molar-refractivity contribution in [1.29, 1.82) is 0 Å². The Morgan fingerprint density at radius 2 is 1.18 bits per heavy atom. The Balaban J connectivity index is 1.59. The van der Waals surface area contributed by atoms with Crippen molar-refractivity contribution in [3.8, 4) is 5.75 Å². The van der Waals surface area contributed by atoms with Crippen molar-refractivity contribution in [2.45, 2.75) is 152 Å². The van der Waals surface area contributed by atoms with Crippen molar-refractivity contribution in [1.82, 2.24) is 63.5 Å².